The van der Waals surface area contributed by atoms with Gasteiger partial charge in [0.15, 0.2) is 5.82 Å². The molecule has 1 fully saturated rings. The van der Waals surface area contributed by atoms with Crippen LogP contribution in [0.15, 0.2) is 28.8 Å². The molecule has 118 valence electrons. The average molecular weight is 310 g/mol. The van der Waals surface area contributed by atoms with Gasteiger partial charge in [0.1, 0.15) is 0 Å². The quantitative estimate of drug-likeness (QED) is 0.866. The molecule has 1 aromatic carbocycles. The summed E-state index contributed by atoms with van der Waals surface area (Å²) in [5.41, 5.74) is 1.43. The van der Waals surface area contributed by atoms with Crippen molar-refractivity contribution in [2.75, 3.05) is 18.4 Å². The molecule has 1 N–H and O–H groups in total. The molecule has 23 heavy (non-hydrogen) atoms. The van der Waals surface area contributed by atoms with E-state index in [0.29, 0.717) is 30.5 Å². The Morgan fingerprint density at radius 2 is 2.39 bits per heavy atom. The van der Waals surface area contributed by atoms with Crippen molar-refractivity contribution >= 4 is 11.7 Å². The van der Waals surface area contributed by atoms with E-state index in [4.69, 9.17) is 10.9 Å². The molecular formula is C17H18N4O2. The zero-order chi connectivity index (χ0) is 16.2. The van der Waals surface area contributed by atoms with Crippen LogP contribution >= 0.6 is 0 Å². The van der Waals surface area contributed by atoms with Crippen molar-refractivity contribution in [3.8, 4) is 12.3 Å². The lowest BCUT2D eigenvalue weighted by molar-refractivity contribution is 0.184. The lowest BCUT2D eigenvalue weighted by Gasteiger charge is -2.31. The second-order valence-corrected chi connectivity index (χ2v) is 5.62. The molecule has 0 unspecified atom stereocenters. The van der Waals surface area contributed by atoms with E-state index in [1.807, 2.05) is 18.2 Å². The number of nitrogens with one attached hydrogen (secondary N) is 1. The van der Waals surface area contributed by atoms with Gasteiger partial charge in [-0.1, -0.05) is 17.1 Å². The Balaban J connectivity index is 1.66. The number of hydrogen-bond donors (Lipinski definition) is 1. The first-order valence-electron chi connectivity index (χ1n) is 7.58. The molecule has 3 rings (SSSR count). The first-order valence-corrected chi connectivity index (χ1v) is 7.58. The Morgan fingerprint density at radius 1 is 1.52 bits per heavy atom. The normalized spacial score (nSPS) is 17.6. The van der Waals surface area contributed by atoms with Crippen LogP contribution in [0.25, 0.3) is 0 Å². The summed E-state index contributed by atoms with van der Waals surface area (Å²) in [5.74, 6) is 3.87. The minimum atomic E-state index is -0.139. The maximum Gasteiger partial charge on any atom is 0.321 e. The number of hydrogen-bond acceptors (Lipinski definition) is 4. The predicted octanol–water partition coefficient (Wildman–Crippen LogP) is 2.77. The molecule has 1 atom stereocenters. The van der Waals surface area contributed by atoms with Crippen LogP contribution in [0.3, 0.4) is 0 Å². The number of amides is 2. The molecular weight excluding hydrogens is 292 g/mol. The highest BCUT2D eigenvalue weighted by Crippen LogP contribution is 2.26. The number of terminal acetylenes is 1. The van der Waals surface area contributed by atoms with Crippen LogP contribution in [0.4, 0.5) is 10.5 Å². The number of rotatable bonds is 2. The summed E-state index contributed by atoms with van der Waals surface area (Å²) in [6.45, 7) is 3.07. The van der Waals surface area contributed by atoms with Gasteiger partial charge < -0.3 is 14.7 Å². The highest BCUT2D eigenvalue weighted by Gasteiger charge is 2.28. The van der Waals surface area contributed by atoms with Gasteiger partial charge in [0.05, 0.1) is 5.92 Å². The molecule has 2 heterocycles. The molecule has 0 radical (unpaired) electrons. The topological polar surface area (TPSA) is 71.3 Å². The van der Waals surface area contributed by atoms with Crippen LogP contribution in [-0.4, -0.2) is 34.2 Å². The Labute approximate surface area is 134 Å². The summed E-state index contributed by atoms with van der Waals surface area (Å²) in [7, 11) is 0. The summed E-state index contributed by atoms with van der Waals surface area (Å²) in [5, 5.41) is 6.71. The monoisotopic (exact) mass is 310 g/mol. The third-order valence-corrected chi connectivity index (χ3v) is 3.88. The molecule has 6 nitrogen and oxygen atoms in total. The van der Waals surface area contributed by atoms with Crippen LogP contribution in [0.2, 0.25) is 0 Å². The van der Waals surface area contributed by atoms with E-state index in [1.165, 1.54) is 0 Å². The molecule has 0 bridgehead atoms. The van der Waals surface area contributed by atoms with Crippen molar-refractivity contribution in [3.05, 3.63) is 41.5 Å². The van der Waals surface area contributed by atoms with Gasteiger partial charge in [-0.25, -0.2) is 4.79 Å². The van der Waals surface area contributed by atoms with Crippen LogP contribution < -0.4 is 5.32 Å². The fourth-order valence-corrected chi connectivity index (χ4v) is 2.73. The SMILES string of the molecule is C#Cc1cccc(NC(=O)N2CCC[C@@H](c3nc(C)no3)C2)c1. The maximum atomic E-state index is 12.4. The van der Waals surface area contributed by atoms with Crippen molar-refractivity contribution in [2.45, 2.75) is 25.7 Å². The van der Waals surface area contributed by atoms with Crippen LogP contribution in [0.5, 0.6) is 0 Å². The van der Waals surface area contributed by atoms with Crippen molar-refractivity contribution in [1.29, 1.82) is 0 Å². The lowest BCUT2D eigenvalue weighted by Crippen LogP contribution is -2.41. The third kappa shape index (κ3) is 3.51. The minimum absolute atomic E-state index is 0.0905. The maximum absolute atomic E-state index is 12.4. The number of urea groups is 1. The van der Waals surface area contributed by atoms with Gasteiger partial charge in [-0.2, -0.15) is 4.98 Å². The summed E-state index contributed by atoms with van der Waals surface area (Å²) < 4.78 is 5.24. The summed E-state index contributed by atoms with van der Waals surface area (Å²) in [6, 6.07) is 7.11. The number of carbonyl (C=O) groups is 1. The third-order valence-electron chi connectivity index (χ3n) is 3.88. The van der Waals surface area contributed by atoms with Gasteiger partial charge >= 0.3 is 6.03 Å². The standard InChI is InChI=1S/C17H18N4O2/c1-3-13-6-4-8-15(10-13)19-17(22)21-9-5-7-14(11-21)16-18-12(2)20-23-16/h1,4,6,8,10,14H,5,7,9,11H2,2H3,(H,19,22)/t14-/m1/s1. The van der Waals surface area contributed by atoms with E-state index >= 15 is 0 Å². The molecule has 2 amide bonds. The van der Waals surface area contributed by atoms with E-state index in [2.05, 4.69) is 21.4 Å². The van der Waals surface area contributed by atoms with Crippen molar-refractivity contribution in [3.63, 3.8) is 0 Å². The second-order valence-electron chi connectivity index (χ2n) is 5.62. The summed E-state index contributed by atoms with van der Waals surface area (Å²) in [6.07, 6.45) is 7.23. The van der Waals surface area contributed by atoms with Gasteiger partial charge in [-0.05, 0) is 38.0 Å². The van der Waals surface area contributed by atoms with E-state index in [-0.39, 0.29) is 11.9 Å². The fourth-order valence-electron chi connectivity index (χ4n) is 2.73. The predicted molar refractivity (Wildman–Crippen MR) is 86.0 cm³/mol. The van der Waals surface area contributed by atoms with Crippen molar-refractivity contribution in [2.24, 2.45) is 0 Å². The Bertz CT molecular complexity index is 747. The van der Waals surface area contributed by atoms with Gasteiger partial charge in [0.2, 0.25) is 5.89 Å². The molecule has 1 aliphatic heterocycles. The van der Waals surface area contributed by atoms with Crippen LogP contribution in [0.1, 0.15) is 36.0 Å². The highest BCUT2D eigenvalue weighted by atomic mass is 16.5. The number of aromatic nitrogens is 2. The molecule has 1 aromatic heterocycles. The number of anilines is 1. The van der Waals surface area contributed by atoms with E-state index in [0.717, 1.165) is 18.4 Å². The van der Waals surface area contributed by atoms with Gasteiger partial charge in [-0.15, -0.1) is 6.42 Å². The number of aryl methyl sites for hydroxylation is 1. The lowest BCUT2D eigenvalue weighted by atomic mass is 9.98. The van der Waals surface area contributed by atoms with E-state index in [9.17, 15) is 4.79 Å². The van der Waals surface area contributed by atoms with Crippen molar-refractivity contribution < 1.29 is 9.32 Å². The minimum Gasteiger partial charge on any atom is -0.339 e. The largest absolute Gasteiger partial charge is 0.339 e. The Morgan fingerprint density at radius 3 is 3.13 bits per heavy atom. The fraction of sp³-hybridized carbons (Fsp3) is 0.353. The van der Waals surface area contributed by atoms with E-state index in [1.54, 1.807) is 17.9 Å². The first kappa shape index (κ1) is 15.1. The molecule has 0 aliphatic carbocycles. The molecule has 0 saturated carbocycles. The smallest absolute Gasteiger partial charge is 0.321 e. The summed E-state index contributed by atoms with van der Waals surface area (Å²) >= 11 is 0. The number of carbonyl (C=O) groups excluding carboxylic acids is 1. The number of benzene rings is 1. The highest BCUT2D eigenvalue weighted by molar-refractivity contribution is 5.89. The molecule has 6 heteroatoms. The zero-order valence-electron chi connectivity index (χ0n) is 13.0. The summed E-state index contributed by atoms with van der Waals surface area (Å²) in [4.78, 5) is 18.5. The van der Waals surface area contributed by atoms with Gasteiger partial charge in [0, 0.05) is 24.3 Å². The Kier molecular flexibility index (Phi) is 4.29. The van der Waals surface area contributed by atoms with Gasteiger partial charge in [-0.3, -0.25) is 0 Å². The van der Waals surface area contributed by atoms with Crippen LogP contribution in [-0.2, 0) is 0 Å². The van der Waals surface area contributed by atoms with E-state index < -0.39 is 0 Å². The molecule has 0 spiro atoms. The molecule has 1 saturated heterocycles. The number of piperidine rings is 1. The number of nitrogens with zero attached hydrogens (tertiary/aromatic N) is 3. The first-order chi connectivity index (χ1) is 11.2. The van der Waals surface area contributed by atoms with Crippen molar-refractivity contribution in [1.82, 2.24) is 15.0 Å². The Hall–Kier alpha value is -2.81. The zero-order valence-corrected chi connectivity index (χ0v) is 13.0. The molecule has 1 aliphatic rings. The number of likely N-dealkylation sites (tertiary alicyclic amines) is 1. The second kappa shape index (κ2) is 6.53. The molecule has 2 aromatic rings. The van der Waals surface area contributed by atoms with Crippen LogP contribution in [0, 0.1) is 19.3 Å². The average Bonchev–Trinajstić information content (AvgIpc) is 3.01. The van der Waals surface area contributed by atoms with Gasteiger partial charge in [0.25, 0.3) is 0 Å².